The average Bonchev–Trinajstić information content (AvgIpc) is 2.76. The van der Waals surface area contributed by atoms with Crippen molar-refractivity contribution in [3.05, 3.63) is 65.7 Å². The minimum Gasteiger partial charge on any atom is -0.489 e. The Labute approximate surface area is 177 Å². The molecule has 0 aliphatic rings. The van der Waals surface area contributed by atoms with Crippen molar-refractivity contribution in [1.29, 1.82) is 5.26 Å². The predicted octanol–water partition coefficient (Wildman–Crippen LogP) is 3.89. The first-order valence-corrected chi connectivity index (χ1v) is 10.9. The van der Waals surface area contributed by atoms with Crippen LogP contribution in [0, 0.1) is 11.3 Å². The molecule has 2 aromatic carbocycles. The predicted molar refractivity (Wildman–Crippen MR) is 115 cm³/mol. The fourth-order valence-electron chi connectivity index (χ4n) is 2.52. The SMILES string of the molecule is CSc1nc(SCC(N)=O)c(C#N)c(-c2ccc(OCc3ccccc3)cc2)n1. The molecule has 0 radical (unpaired) electrons. The normalized spacial score (nSPS) is 10.3. The zero-order valence-electron chi connectivity index (χ0n) is 15.7. The molecule has 146 valence electrons. The summed E-state index contributed by atoms with van der Waals surface area (Å²) in [6, 6.07) is 19.5. The molecule has 3 aromatic rings. The fourth-order valence-corrected chi connectivity index (χ4v) is 3.65. The molecular formula is C21H18N4O2S2. The summed E-state index contributed by atoms with van der Waals surface area (Å²) in [5.74, 6) is 0.300. The van der Waals surface area contributed by atoms with E-state index in [4.69, 9.17) is 10.5 Å². The summed E-state index contributed by atoms with van der Waals surface area (Å²) >= 11 is 2.51. The van der Waals surface area contributed by atoms with Gasteiger partial charge in [-0.05, 0) is 36.1 Å². The van der Waals surface area contributed by atoms with E-state index in [1.165, 1.54) is 11.8 Å². The first kappa shape index (κ1) is 20.7. The maximum atomic E-state index is 11.1. The van der Waals surface area contributed by atoms with Crippen molar-refractivity contribution < 1.29 is 9.53 Å². The zero-order valence-corrected chi connectivity index (χ0v) is 17.3. The van der Waals surface area contributed by atoms with Gasteiger partial charge in [-0.25, -0.2) is 9.97 Å². The number of nitrogens with two attached hydrogens (primary N) is 1. The molecule has 3 rings (SSSR count). The Morgan fingerprint density at radius 1 is 1.14 bits per heavy atom. The van der Waals surface area contributed by atoms with Crippen molar-refractivity contribution in [2.45, 2.75) is 16.8 Å². The van der Waals surface area contributed by atoms with Crippen molar-refractivity contribution in [3.63, 3.8) is 0 Å². The first-order valence-electron chi connectivity index (χ1n) is 8.65. The molecule has 0 atom stereocenters. The third kappa shape index (κ3) is 5.50. The summed E-state index contributed by atoms with van der Waals surface area (Å²) in [4.78, 5) is 20.0. The van der Waals surface area contributed by atoms with E-state index >= 15 is 0 Å². The maximum Gasteiger partial charge on any atom is 0.227 e. The number of aromatic nitrogens is 2. The summed E-state index contributed by atoms with van der Waals surface area (Å²) in [6.45, 7) is 0.474. The molecule has 8 heteroatoms. The Morgan fingerprint density at radius 2 is 1.86 bits per heavy atom. The monoisotopic (exact) mass is 422 g/mol. The van der Waals surface area contributed by atoms with Gasteiger partial charge in [-0.15, -0.1) is 0 Å². The third-order valence-electron chi connectivity index (χ3n) is 3.88. The zero-order chi connectivity index (χ0) is 20.6. The summed E-state index contributed by atoms with van der Waals surface area (Å²) in [5.41, 5.74) is 7.93. The fraction of sp³-hybridized carbons (Fsp3) is 0.143. The largest absolute Gasteiger partial charge is 0.489 e. The molecule has 0 unspecified atom stereocenters. The molecule has 1 aromatic heterocycles. The lowest BCUT2D eigenvalue weighted by Gasteiger charge is -2.11. The van der Waals surface area contributed by atoms with Crippen molar-refractivity contribution in [2.24, 2.45) is 5.73 Å². The second-order valence-corrected chi connectivity index (χ2v) is 7.64. The van der Waals surface area contributed by atoms with Gasteiger partial charge in [0.05, 0.1) is 11.4 Å². The van der Waals surface area contributed by atoms with Gasteiger partial charge in [0.1, 0.15) is 29.0 Å². The Balaban J connectivity index is 1.86. The number of nitriles is 1. The average molecular weight is 423 g/mol. The van der Waals surface area contributed by atoms with Crippen LogP contribution in [0.5, 0.6) is 5.75 Å². The Bertz CT molecular complexity index is 1040. The van der Waals surface area contributed by atoms with E-state index in [-0.39, 0.29) is 5.75 Å². The van der Waals surface area contributed by atoms with Crippen molar-refractivity contribution in [2.75, 3.05) is 12.0 Å². The summed E-state index contributed by atoms with van der Waals surface area (Å²) in [6.07, 6.45) is 1.86. The highest BCUT2D eigenvalue weighted by Gasteiger charge is 2.17. The van der Waals surface area contributed by atoms with Crippen molar-refractivity contribution in [1.82, 2.24) is 9.97 Å². The van der Waals surface area contributed by atoms with Gasteiger partial charge in [0, 0.05) is 5.56 Å². The van der Waals surface area contributed by atoms with Crippen molar-refractivity contribution in [3.8, 4) is 23.1 Å². The Morgan fingerprint density at radius 3 is 2.48 bits per heavy atom. The highest BCUT2D eigenvalue weighted by atomic mass is 32.2. The third-order valence-corrected chi connectivity index (χ3v) is 5.42. The van der Waals surface area contributed by atoms with Crippen LogP contribution in [0.3, 0.4) is 0 Å². The maximum absolute atomic E-state index is 11.1. The molecule has 0 spiro atoms. The second-order valence-electron chi connectivity index (χ2n) is 5.90. The number of amides is 1. The lowest BCUT2D eigenvalue weighted by molar-refractivity contribution is -0.115. The number of benzene rings is 2. The highest BCUT2D eigenvalue weighted by Crippen LogP contribution is 2.31. The van der Waals surface area contributed by atoms with Gasteiger partial charge < -0.3 is 10.5 Å². The van der Waals surface area contributed by atoms with Crippen LogP contribution in [-0.2, 0) is 11.4 Å². The number of ether oxygens (including phenoxy) is 1. The van der Waals surface area contributed by atoms with Gasteiger partial charge in [-0.2, -0.15) is 5.26 Å². The Kier molecular flexibility index (Phi) is 7.11. The van der Waals surface area contributed by atoms with Crippen LogP contribution >= 0.6 is 23.5 Å². The van der Waals surface area contributed by atoms with Gasteiger partial charge >= 0.3 is 0 Å². The topological polar surface area (TPSA) is 102 Å². The van der Waals surface area contributed by atoms with Crippen molar-refractivity contribution >= 4 is 29.4 Å². The minimum absolute atomic E-state index is 0.0468. The Hall–Kier alpha value is -3.02. The lowest BCUT2D eigenvalue weighted by atomic mass is 10.1. The summed E-state index contributed by atoms with van der Waals surface area (Å²) < 4.78 is 5.82. The molecular weight excluding hydrogens is 404 g/mol. The van der Waals surface area contributed by atoms with E-state index < -0.39 is 5.91 Å². The van der Waals surface area contributed by atoms with E-state index in [0.717, 1.165) is 28.6 Å². The molecule has 0 aliphatic carbocycles. The van der Waals surface area contributed by atoms with E-state index in [2.05, 4.69) is 16.0 Å². The van der Waals surface area contributed by atoms with Crippen LogP contribution in [0.25, 0.3) is 11.3 Å². The van der Waals surface area contributed by atoms with Gasteiger partial charge in [0.2, 0.25) is 5.91 Å². The lowest BCUT2D eigenvalue weighted by Crippen LogP contribution is -2.13. The number of carbonyl (C=O) groups excluding carboxylic acids is 1. The van der Waals surface area contributed by atoms with Crippen LogP contribution in [0.15, 0.2) is 64.8 Å². The number of rotatable bonds is 8. The molecule has 0 bridgehead atoms. The number of thioether (sulfide) groups is 2. The molecule has 2 N–H and O–H groups in total. The van der Waals surface area contributed by atoms with Crippen LogP contribution in [0.2, 0.25) is 0 Å². The van der Waals surface area contributed by atoms with Crippen LogP contribution in [0.1, 0.15) is 11.1 Å². The molecule has 1 amide bonds. The van der Waals surface area contributed by atoms with Gasteiger partial charge in [0.25, 0.3) is 0 Å². The molecule has 29 heavy (non-hydrogen) atoms. The molecule has 0 saturated carbocycles. The van der Waals surface area contributed by atoms with E-state index in [1.807, 2.05) is 60.9 Å². The summed E-state index contributed by atoms with van der Waals surface area (Å²) in [7, 11) is 0. The van der Waals surface area contributed by atoms with E-state index in [9.17, 15) is 10.1 Å². The second kappa shape index (κ2) is 9.96. The van der Waals surface area contributed by atoms with Gasteiger partial charge in [-0.3, -0.25) is 4.79 Å². The molecule has 1 heterocycles. The van der Waals surface area contributed by atoms with E-state index in [1.54, 1.807) is 0 Å². The molecule has 0 fully saturated rings. The minimum atomic E-state index is -0.468. The molecule has 6 nitrogen and oxygen atoms in total. The number of hydrogen-bond acceptors (Lipinski definition) is 7. The standard InChI is InChI=1S/C21H18N4O2S2/c1-28-21-24-19(17(11-22)20(25-21)29-13-18(23)26)15-7-9-16(10-8-15)27-12-14-5-3-2-4-6-14/h2-10H,12-13H2,1H3,(H2,23,26). The first-order chi connectivity index (χ1) is 14.1. The number of primary amides is 1. The van der Waals surface area contributed by atoms with Crippen LogP contribution in [-0.4, -0.2) is 27.9 Å². The smallest absolute Gasteiger partial charge is 0.227 e. The molecule has 0 saturated heterocycles. The van der Waals surface area contributed by atoms with Crippen LogP contribution in [0.4, 0.5) is 0 Å². The molecule has 0 aliphatic heterocycles. The number of nitrogens with zero attached hydrogens (tertiary/aromatic N) is 3. The number of carbonyl (C=O) groups is 1. The van der Waals surface area contributed by atoms with E-state index in [0.29, 0.717) is 28.0 Å². The van der Waals surface area contributed by atoms with Gasteiger partial charge in [-0.1, -0.05) is 53.9 Å². The van der Waals surface area contributed by atoms with Crippen LogP contribution < -0.4 is 10.5 Å². The summed E-state index contributed by atoms with van der Waals surface area (Å²) in [5, 5.41) is 10.6. The number of hydrogen-bond donors (Lipinski definition) is 1. The highest BCUT2D eigenvalue weighted by molar-refractivity contribution is 8.00. The van der Waals surface area contributed by atoms with Gasteiger partial charge in [0.15, 0.2) is 5.16 Å². The quantitative estimate of drug-likeness (QED) is 0.334.